The molecule has 1 heterocycles. The van der Waals surface area contributed by atoms with Gasteiger partial charge in [-0.3, -0.25) is 4.79 Å². The molecule has 1 aliphatic rings. The third-order valence-electron chi connectivity index (χ3n) is 3.70. The largest absolute Gasteiger partial charge is 0.392 e. The highest BCUT2D eigenvalue weighted by Crippen LogP contribution is 2.39. The molecule has 0 aliphatic heterocycles. The predicted molar refractivity (Wildman–Crippen MR) is 80.0 cm³/mol. The minimum Gasteiger partial charge on any atom is -0.392 e. The second-order valence-corrected chi connectivity index (χ2v) is 5.72. The number of aryl methyl sites for hydroxylation is 2. The van der Waals surface area contributed by atoms with E-state index >= 15 is 0 Å². The third kappa shape index (κ3) is 2.76. The van der Waals surface area contributed by atoms with Gasteiger partial charge in [0.1, 0.15) is 5.82 Å². The van der Waals surface area contributed by atoms with Gasteiger partial charge in [-0.05, 0) is 44.4 Å². The lowest BCUT2D eigenvalue weighted by atomic mass is 9.85. The van der Waals surface area contributed by atoms with E-state index in [9.17, 15) is 4.79 Å². The lowest BCUT2D eigenvalue weighted by Crippen LogP contribution is -2.44. The van der Waals surface area contributed by atoms with Crippen LogP contribution in [0.15, 0.2) is 12.1 Å². The van der Waals surface area contributed by atoms with Crippen molar-refractivity contribution in [3.63, 3.8) is 0 Å². The molecule has 4 nitrogen and oxygen atoms in total. The van der Waals surface area contributed by atoms with Gasteiger partial charge in [-0.25, -0.2) is 4.98 Å². The predicted octanol–water partition coefficient (Wildman–Crippen LogP) is 2.48. The van der Waals surface area contributed by atoms with Crippen LogP contribution in [0.25, 0.3) is 0 Å². The maximum Gasteiger partial charge on any atom is 0.238 e. The number of carbonyl (C=O) groups is 1. The highest BCUT2D eigenvalue weighted by molar-refractivity contribution is 7.80. The molecule has 0 bridgehead atoms. The first-order valence-electron chi connectivity index (χ1n) is 6.51. The maximum absolute atomic E-state index is 12.5. The summed E-state index contributed by atoms with van der Waals surface area (Å²) in [5.74, 6) is 0.458. The summed E-state index contributed by atoms with van der Waals surface area (Å²) in [6, 6.07) is 3.82. The molecule has 0 radical (unpaired) electrons. The number of nitrogens with one attached hydrogen (secondary N) is 1. The Bertz CT molecular complexity index is 501. The van der Waals surface area contributed by atoms with Gasteiger partial charge in [-0.1, -0.05) is 25.1 Å². The summed E-state index contributed by atoms with van der Waals surface area (Å²) in [6.07, 6.45) is 3.45. The van der Waals surface area contributed by atoms with E-state index in [0.717, 1.165) is 36.9 Å². The van der Waals surface area contributed by atoms with Crippen molar-refractivity contribution in [2.75, 3.05) is 5.32 Å². The van der Waals surface area contributed by atoms with Gasteiger partial charge in [0.25, 0.3) is 0 Å². The van der Waals surface area contributed by atoms with Gasteiger partial charge in [0.2, 0.25) is 5.91 Å². The van der Waals surface area contributed by atoms with Crippen molar-refractivity contribution in [2.45, 2.75) is 39.5 Å². The molecule has 1 amide bonds. The van der Waals surface area contributed by atoms with Gasteiger partial charge in [0.05, 0.1) is 10.4 Å². The first kappa shape index (κ1) is 13.9. The number of pyridine rings is 1. The normalized spacial score (nSPS) is 17.2. The fourth-order valence-corrected chi connectivity index (χ4v) is 3.00. The number of nitrogens with two attached hydrogens (primary N) is 1. The summed E-state index contributed by atoms with van der Waals surface area (Å²) in [7, 11) is 0. The fourth-order valence-electron chi connectivity index (χ4n) is 2.71. The summed E-state index contributed by atoms with van der Waals surface area (Å²) in [5.41, 5.74) is 7.06. The van der Waals surface area contributed by atoms with Crippen molar-refractivity contribution >= 4 is 28.9 Å². The zero-order chi connectivity index (χ0) is 14.0. The zero-order valence-electron chi connectivity index (χ0n) is 11.3. The quantitative estimate of drug-likeness (QED) is 0.833. The number of aromatic nitrogens is 1. The van der Waals surface area contributed by atoms with Crippen molar-refractivity contribution in [3.8, 4) is 0 Å². The van der Waals surface area contributed by atoms with E-state index in [2.05, 4.69) is 10.3 Å². The van der Waals surface area contributed by atoms with Crippen LogP contribution in [0.5, 0.6) is 0 Å². The first-order valence-corrected chi connectivity index (χ1v) is 6.91. The molecule has 0 unspecified atom stereocenters. The van der Waals surface area contributed by atoms with Crippen molar-refractivity contribution < 1.29 is 4.79 Å². The van der Waals surface area contributed by atoms with E-state index in [-0.39, 0.29) is 5.91 Å². The summed E-state index contributed by atoms with van der Waals surface area (Å²) in [6.45, 7) is 3.88. The molecule has 1 aromatic rings. The van der Waals surface area contributed by atoms with Gasteiger partial charge >= 0.3 is 0 Å². The molecule has 0 saturated heterocycles. The standard InChI is InChI=1S/C14H19N3OS/c1-9-7-10(2)16-11(8-9)17-13(18)14(12(15)19)5-3-4-6-14/h7-8H,3-6H2,1-2H3,(H2,15,19)(H,16,17,18). The number of hydrogen-bond acceptors (Lipinski definition) is 3. The first-order chi connectivity index (χ1) is 8.94. The number of rotatable bonds is 3. The number of carbonyl (C=O) groups excluding carboxylic acids is 1. The fraction of sp³-hybridized carbons (Fsp3) is 0.500. The van der Waals surface area contributed by atoms with Crippen LogP contribution in [0, 0.1) is 19.3 Å². The monoisotopic (exact) mass is 277 g/mol. The van der Waals surface area contributed by atoms with Crippen molar-refractivity contribution in [1.82, 2.24) is 4.98 Å². The lowest BCUT2D eigenvalue weighted by Gasteiger charge is -2.26. The molecule has 0 aromatic carbocycles. The van der Waals surface area contributed by atoms with E-state index in [1.165, 1.54) is 0 Å². The third-order valence-corrected chi connectivity index (χ3v) is 4.09. The number of thiocarbonyl (C=S) groups is 1. The van der Waals surface area contributed by atoms with Gasteiger partial charge in [0.15, 0.2) is 0 Å². The Balaban J connectivity index is 2.22. The Hall–Kier alpha value is -1.49. The Kier molecular flexibility index (Phi) is 3.85. The topological polar surface area (TPSA) is 68.0 Å². The van der Waals surface area contributed by atoms with E-state index in [0.29, 0.717) is 10.8 Å². The van der Waals surface area contributed by atoms with E-state index in [1.807, 2.05) is 26.0 Å². The van der Waals surface area contributed by atoms with Crippen LogP contribution in [0.1, 0.15) is 36.9 Å². The highest BCUT2D eigenvalue weighted by Gasteiger charge is 2.44. The molecule has 0 spiro atoms. The second kappa shape index (κ2) is 5.25. The Labute approximate surface area is 118 Å². The summed E-state index contributed by atoms with van der Waals surface area (Å²) in [5, 5.41) is 2.87. The van der Waals surface area contributed by atoms with E-state index in [4.69, 9.17) is 18.0 Å². The number of hydrogen-bond donors (Lipinski definition) is 2. The molecule has 1 fully saturated rings. The van der Waals surface area contributed by atoms with Crippen LogP contribution in [0.2, 0.25) is 0 Å². The number of nitrogens with zero attached hydrogens (tertiary/aromatic N) is 1. The van der Waals surface area contributed by atoms with Crippen LogP contribution < -0.4 is 11.1 Å². The van der Waals surface area contributed by atoms with Gasteiger partial charge in [0, 0.05) is 5.69 Å². The van der Waals surface area contributed by atoms with Crippen LogP contribution >= 0.6 is 12.2 Å². The van der Waals surface area contributed by atoms with Gasteiger partial charge < -0.3 is 11.1 Å². The summed E-state index contributed by atoms with van der Waals surface area (Å²) >= 11 is 5.11. The molecular weight excluding hydrogens is 258 g/mol. The lowest BCUT2D eigenvalue weighted by molar-refractivity contribution is -0.122. The van der Waals surface area contributed by atoms with Crippen molar-refractivity contribution in [1.29, 1.82) is 0 Å². The zero-order valence-corrected chi connectivity index (χ0v) is 12.1. The molecule has 5 heteroatoms. The van der Waals surface area contributed by atoms with Crippen LogP contribution in [-0.2, 0) is 4.79 Å². The molecule has 0 atom stereocenters. The molecule has 102 valence electrons. The van der Waals surface area contributed by atoms with Crippen molar-refractivity contribution in [2.24, 2.45) is 11.1 Å². The maximum atomic E-state index is 12.5. The average Bonchev–Trinajstić information content (AvgIpc) is 2.77. The summed E-state index contributed by atoms with van der Waals surface area (Å²) < 4.78 is 0. The highest BCUT2D eigenvalue weighted by atomic mass is 32.1. The number of anilines is 1. The van der Waals surface area contributed by atoms with E-state index < -0.39 is 5.41 Å². The minimum absolute atomic E-state index is 0.116. The SMILES string of the molecule is Cc1cc(C)nc(NC(=O)C2(C(N)=S)CCCC2)c1. The average molecular weight is 277 g/mol. The molecule has 1 aromatic heterocycles. The van der Waals surface area contributed by atoms with E-state index in [1.54, 1.807) is 0 Å². The Morgan fingerprint density at radius 1 is 1.37 bits per heavy atom. The molecule has 3 N–H and O–H groups in total. The molecule has 19 heavy (non-hydrogen) atoms. The molecule has 1 saturated carbocycles. The molecule has 2 rings (SSSR count). The van der Waals surface area contributed by atoms with Crippen LogP contribution in [0.3, 0.4) is 0 Å². The number of amides is 1. The van der Waals surface area contributed by atoms with Gasteiger partial charge in [-0.15, -0.1) is 0 Å². The summed E-state index contributed by atoms with van der Waals surface area (Å²) in [4.78, 5) is 17.1. The smallest absolute Gasteiger partial charge is 0.238 e. The van der Waals surface area contributed by atoms with Crippen LogP contribution in [-0.4, -0.2) is 15.9 Å². The van der Waals surface area contributed by atoms with Gasteiger partial charge in [-0.2, -0.15) is 0 Å². The molecule has 1 aliphatic carbocycles. The molecular formula is C14H19N3OS. The second-order valence-electron chi connectivity index (χ2n) is 5.28. The Morgan fingerprint density at radius 2 is 2.00 bits per heavy atom. The minimum atomic E-state index is -0.686. The Morgan fingerprint density at radius 3 is 2.53 bits per heavy atom. The van der Waals surface area contributed by atoms with Crippen LogP contribution in [0.4, 0.5) is 5.82 Å². The van der Waals surface area contributed by atoms with Crippen molar-refractivity contribution in [3.05, 3.63) is 23.4 Å².